The van der Waals surface area contributed by atoms with Crippen LogP contribution in [0.15, 0.2) is 0 Å². The molecule has 1 atom stereocenters. The molecule has 5 nitrogen and oxygen atoms in total. The molecule has 0 spiro atoms. The molecule has 0 heterocycles. The molecule has 0 aromatic heterocycles. The molecule has 13 heavy (non-hydrogen) atoms. The lowest BCUT2D eigenvalue weighted by Crippen LogP contribution is -2.26. The lowest BCUT2D eigenvalue weighted by atomic mass is 10.1. The Morgan fingerprint density at radius 1 is 1.46 bits per heavy atom. The Bertz CT molecular complexity index is 267. The molecule has 0 aliphatic heterocycles. The first-order chi connectivity index (χ1) is 5.72. The van der Waals surface area contributed by atoms with E-state index in [1.807, 2.05) is 0 Å². The van der Waals surface area contributed by atoms with E-state index in [0.29, 0.717) is 0 Å². The Balaban J connectivity index is 4.36. The van der Waals surface area contributed by atoms with Gasteiger partial charge in [-0.1, -0.05) is 13.8 Å². The molecular weight excluding hydrogens is 196 g/mol. The summed E-state index contributed by atoms with van der Waals surface area (Å²) in [5.74, 6) is -1.21. The van der Waals surface area contributed by atoms with E-state index in [2.05, 4.69) is 4.18 Å². The smallest absolute Gasteiger partial charge is 0.306 e. The first-order valence-electron chi connectivity index (χ1n) is 3.82. The van der Waals surface area contributed by atoms with E-state index in [-0.39, 0.29) is 12.3 Å². The quantitative estimate of drug-likeness (QED) is 0.667. The third-order valence-electron chi connectivity index (χ3n) is 1.42. The summed E-state index contributed by atoms with van der Waals surface area (Å²) >= 11 is 0. The van der Waals surface area contributed by atoms with Gasteiger partial charge < -0.3 is 5.11 Å². The molecular formula is C7H14O5S. The topological polar surface area (TPSA) is 80.7 Å². The van der Waals surface area contributed by atoms with Crippen molar-refractivity contribution >= 4 is 16.1 Å². The normalized spacial score (nSPS) is 14.5. The first kappa shape index (κ1) is 12.4. The number of carboxylic acid groups (broad SMARTS) is 1. The molecule has 0 bridgehead atoms. The Hall–Kier alpha value is -0.620. The molecule has 6 heteroatoms. The van der Waals surface area contributed by atoms with E-state index in [1.165, 1.54) is 0 Å². The minimum Gasteiger partial charge on any atom is -0.481 e. The maximum Gasteiger partial charge on any atom is 0.306 e. The summed E-state index contributed by atoms with van der Waals surface area (Å²) in [5, 5.41) is 8.45. The van der Waals surface area contributed by atoms with Gasteiger partial charge >= 0.3 is 5.97 Å². The fourth-order valence-electron chi connectivity index (χ4n) is 0.777. The van der Waals surface area contributed by atoms with Crippen LogP contribution >= 0.6 is 0 Å². The monoisotopic (exact) mass is 210 g/mol. The van der Waals surface area contributed by atoms with Crippen LogP contribution in [-0.2, 0) is 19.1 Å². The van der Waals surface area contributed by atoms with Gasteiger partial charge in [0.1, 0.15) is 0 Å². The molecule has 0 saturated carbocycles. The van der Waals surface area contributed by atoms with Crippen molar-refractivity contribution in [3.63, 3.8) is 0 Å². The molecule has 0 rings (SSSR count). The van der Waals surface area contributed by atoms with Crippen LogP contribution in [0.5, 0.6) is 0 Å². The van der Waals surface area contributed by atoms with E-state index in [1.54, 1.807) is 13.8 Å². The predicted molar refractivity (Wildman–Crippen MR) is 46.8 cm³/mol. The standard InChI is InChI=1S/C7H14O5S/c1-5(2)6(4-7(8)9)12-13(3,10)11/h5-6H,4H2,1-3H3,(H,8,9). The molecule has 1 unspecified atom stereocenters. The highest BCUT2D eigenvalue weighted by Crippen LogP contribution is 2.13. The van der Waals surface area contributed by atoms with Crippen molar-refractivity contribution in [3.8, 4) is 0 Å². The van der Waals surface area contributed by atoms with Crippen LogP contribution in [0, 0.1) is 5.92 Å². The lowest BCUT2D eigenvalue weighted by Gasteiger charge is -2.17. The van der Waals surface area contributed by atoms with Crippen molar-refractivity contribution in [3.05, 3.63) is 0 Å². The van der Waals surface area contributed by atoms with E-state index in [4.69, 9.17) is 5.11 Å². The lowest BCUT2D eigenvalue weighted by molar-refractivity contribution is -0.139. The average molecular weight is 210 g/mol. The number of carboxylic acids is 1. The molecule has 0 amide bonds. The Kier molecular flexibility index (Phi) is 4.35. The predicted octanol–water partition coefficient (Wildman–Crippen LogP) is 0.462. The zero-order valence-corrected chi connectivity index (χ0v) is 8.67. The minimum absolute atomic E-state index is 0.147. The summed E-state index contributed by atoms with van der Waals surface area (Å²) in [6.45, 7) is 3.41. The molecule has 0 aromatic carbocycles. The van der Waals surface area contributed by atoms with Crippen LogP contribution in [0.2, 0.25) is 0 Å². The highest BCUT2D eigenvalue weighted by atomic mass is 32.2. The summed E-state index contributed by atoms with van der Waals surface area (Å²) in [7, 11) is -3.58. The second-order valence-corrected chi connectivity index (χ2v) is 4.78. The van der Waals surface area contributed by atoms with E-state index in [9.17, 15) is 13.2 Å². The largest absolute Gasteiger partial charge is 0.481 e. The van der Waals surface area contributed by atoms with Crippen LogP contribution in [0.3, 0.4) is 0 Å². The SMILES string of the molecule is CC(C)C(CC(=O)O)OS(C)(=O)=O. The van der Waals surface area contributed by atoms with E-state index in [0.717, 1.165) is 6.26 Å². The van der Waals surface area contributed by atoms with Crippen molar-refractivity contribution in [1.82, 2.24) is 0 Å². The van der Waals surface area contributed by atoms with Crippen molar-refractivity contribution in [2.75, 3.05) is 6.26 Å². The third-order valence-corrected chi connectivity index (χ3v) is 2.01. The highest BCUT2D eigenvalue weighted by molar-refractivity contribution is 7.86. The van der Waals surface area contributed by atoms with Crippen LogP contribution < -0.4 is 0 Å². The van der Waals surface area contributed by atoms with Crippen LogP contribution in [-0.4, -0.2) is 31.9 Å². The molecule has 1 N–H and O–H groups in total. The molecule has 0 fully saturated rings. The number of carbonyl (C=O) groups is 1. The van der Waals surface area contributed by atoms with Crippen molar-refractivity contribution in [1.29, 1.82) is 0 Å². The van der Waals surface area contributed by atoms with Gasteiger partial charge in [-0.05, 0) is 5.92 Å². The molecule has 0 aliphatic carbocycles. The summed E-state index contributed by atoms with van der Waals surface area (Å²) < 4.78 is 26.0. The highest BCUT2D eigenvalue weighted by Gasteiger charge is 2.22. The summed E-state index contributed by atoms with van der Waals surface area (Å²) in [6.07, 6.45) is -0.179. The van der Waals surface area contributed by atoms with Crippen LogP contribution in [0.4, 0.5) is 0 Å². The van der Waals surface area contributed by atoms with Crippen LogP contribution in [0.25, 0.3) is 0 Å². The molecule has 78 valence electrons. The fourth-order valence-corrected chi connectivity index (χ4v) is 1.52. The molecule has 0 aliphatic rings. The van der Waals surface area contributed by atoms with Gasteiger partial charge in [-0.2, -0.15) is 8.42 Å². The number of aliphatic carboxylic acids is 1. The molecule has 0 saturated heterocycles. The maximum absolute atomic E-state index is 10.7. The van der Waals surface area contributed by atoms with Gasteiger partial charge in [-0.25, -0.2) is 0 Å². The first-order valence-corrected chi connectivity index (χ1v) is 5.64. The third kappa shape index (κ3) is 6.53. The Labute approximate surface area is 77.8 Å². The Morgan fingerprint density at radius 2 is 1.92 bits per heavy atom. The van der Waals surface area contributed by atoms with Gasteiger partial charge in [-0.15, -0.1) is 0 Å². The van der Waals surface area contributed by atoms with Gasteiger partial charge in [0.05, 0.1) is 18.8 Å². The zero-order valence-electron chi connectivity index (χ0n) is 7.85. The molecule has 0 aromatic rings. The van der Waals surface area contributed by atoms with Gasteiger partial charge in [0.15, 0.2) is 0 Å². The minimum atomic E-state index is -3.58. The maximum atomic E-state index is 10.7. The van der Waals surface area contributed by atoms with Crippen LogP contribution in [0.1, 0.15) is 20.3 Å². The number of hydrogen-bond donors (Lipinski definition) is 1. The molecule has 0 radical (unpaired) electrons. The van der Waals surface area contributed by atoms with E-state index < -0.39 is 22.2 Å². The summed E-state index contributed by atoms with van der Waals surface area (Å²) in [5.41, 5.74) is 0. The summed E-state index contributed by atoms with van der Waals surface area (Å²) in [4.78, 5) is 10.3. The van der Waals surface area contributed by atoms with Gasteiger partial charge in [-0.3, -0.25) is 8.98 Å². The second-order valence-electron chi connectivity index (χ2n) is 3.18. The van der Waals surface area contributed by atoms with Gasteiger partial charge in [0.2, 0.25) is 0 Å². The van der Waals surface area contributed by atoms with Gasteiger partial charge in [0.25, 0.3) is 10.1 Å². The number of hydrogen-bond acceptors (Lipinski definition) is 4. The van der Waals surface area contributed by atoms with Crippen molar-refractivity contribution in [2.24, 2.45) is 5.92 Å². The van der Waals surface area contributed by atoms with Crippen molar-refractivity contribution in [2.45, 2.75) is 26.4 Å². The fraction of sp³-hybridized carbons (Fsp3) is 0.857. The van der Waals surface area contributed by atoms with Crippen molar-refractivity contribution < 1.29 is 22.5 Å². The second kappa shape index (κ2) is 4.57. The number of rotatable bonds is 5. The Morgan fingerprint density at radius 3 is 2.15 bits per heavy atom. The average Bonchev–Trinajstić information content (AvgIpc) is 1.81. The van der Waals surface area contributed by atoms with Gasteiger partial charge in [0, 0.05) is 0 Å². The van der Waals surface area contributed by atoms with E-state index >= 15 is 0 Å². The summed E-state index contributed by atoms with van der Waals surface area (Å²) in [6, 6.07) is 0. The zero-order chi connectivity index (χ0) is 10.6.